The number of likely N-dealkylation sites (tertiary alicyclic amines) is 1. The van der Waals surface area contributed by atoms with Crippen LogP contribution in [0.1, 0.15) is 23.4 Å². The maximum absolute atomic E-state index is 12.0. The Labute approximate surface area is 101 Å². The quantitative estimate of drug-likeness (QED) is 0.885. The summed E-state index contributed by atoms with van der Waals surface area (Å²) in [5, 5.41) is 0. The molecule has 16 heavy (non-hydrogen) atoms. The Kier molecular flexibility index (Phi) is 3.00. The minimum absolute atomic E-state index is 0.222. The number of nitrogens with zero attached hydrogens (tertiary/aromatic N) is 1. The maximum Gasteiger partial charge on any atom is 0.290 e. The van der Waals surface area contributed by atoms with Crippen LogP contribution in [-0.4, -0.2) is 29.3 Å². The molecule has 1 aliphatic heterocycles. The molecule has 1 aromatic heterocycles. The lowest BCUT2D eigenvalue weighted by molar-refractivity contribution is -0.121. The topological polar surface area (TPSA) is 76.5 Å². The lowest BCUT2D eigenvalue weighted by atomic mass is 10.2. The minimum atomic E-state index is -0.503. The summed E-state index contributed by atoms with van der Waals surface area (Å²) in [6.45, 7) is 0.546. The van der Waals surface area contributed by atoms with Crippen LogP contribution < -0.4 is 5.73 Å². The smallest absolute Gasteiger partial charge is 0.290 e. The molecule has 5 nitrogen and oxygen atoms in total. The van der Waals surface area contributed by atoms with Crippen LogP contribution in [-0.2, 0) is 4.79 Å². The first kappa shape index (κ1) is 11.2. The molecule has 1 saturated heterocycles. The Hall–Kier alpha value is -1.30. The van der Waals surface area contributed by atoms with Crippen molar-refractivity contribution in [2.45, 2.75) is 18.9 Å². The molecule has 2 rings (SSSR count). The number of rotatable bonds is 2. The van der Waals surface area contributed by atoms with Gasteiger partial charge < -0.3 is 15.1 Å². The summed E-state index contributed by atoms with van der Waals surface area (Å²) in [5.74, 6) is -0.525. The molecular formula is C10H11BrN2O3. The average molecular weight is 287 g/mol. The zero-order valence-corrected chi connectivity index (χ0v) is 10.1. The van der Waals surface area contributed by atoms with Crippen molar-refractivity contribution in [1.29, 1.82) is 0 Å². The summed E-state index contributed by atoms with van der Waals surface area (Å²) < 4.78 is 5.65. The first-order chi connectivity index (χ1) is 7.59. The van der Waals surface area contributed by atoms with Crippen molar-refractivity contribution in [2.75, 3.05) is 6.54 Å². The van der Waals surface area contributed by atoms with E-state index in [0.29, 0.717) is 17.6 Å². The summed E-state index contributed by atoms with van der Waals surface area (Å²) >= 11 is 3.12. The number of carbonyl (C=O) groups is 2. The standard InChI is InChI=1S/C10H11BrN2O3/c11-8-4-3-7(16-8)10(15)13-5-1-2-6(13)9(12)14/h3-4,6H,1-2,5H2,(H2,12,14). The highest BCUT2D eigenvalue weighted by atomic mass is 79.9. The Bertz CT molecular complexity index is 429. The van der Waals surface area contributed by atoms with E-state index < -0.39 is 11.9 Å². The molecule has 0 aromatic carbocycles. The van der Waals surface area contributed by atoms with Crippen LogP contribution in [0.5, 0.6) is 0 Å². The highest BCUT2D eigenvalue weighted by molar-refractivity contribution is 9.10. The van der Waals surface area contributed by atoms with E-state index in [0.717, 1.165) is 6.42 Å². The summed E-state index contributed by atoms with van der Waals surface area (Å²) in [4.78, 5) is 24.6. The van der Waals surface area contributed by atoms with Crippen molar-refractivity contribution < 1.29 is 14.0 Å². The molecule has 1 aromatic rings. The van der Waals surface area contributed by atoms with Gasteiger partial charge in [0.2, 0.25) is 5.91 Å². The van der Waals surface area contributed by atoms with E-state index >= 15 is 0 Å². The zero-order valence-electron chi connectivity index (χ0n) is 8.48. The third kappa shape index (κ3) is 1.97. The number of nitrogens with two attached hydrogens (primary N) is 1. The Balaban J connectivity index is 2.18. The number of furan rings is 1. The predicted molar refractivity (Wildman–Crippen MR) is 59.7 cm³/mol. The Morgan fingerprint density at radius 2 is 2.25 bits per heavy atom. The van der Waals surface area contributed by atoms with Gasteiger partial charge in [0.25, 0.3) is 5.91 Å². The molecule has 0 radical (unpaired) electrons. The van der Waals surface area contributed by atoms with Gasteiger partial charge in [0, 0.05) is 6.54 Å². The Morgan fingerprint density at radius 3 is 2.81 bits per heavy atom. The first-order valence-corrected chi connectivity index (χ1v) is 5.74. The van der Waals surface area contributed by atoms with Gasteiger partial charge in [0.1, 0.15) is 6.04 Å². The van der Waals surface area contributed by atoms with Gasteiger partial charge in [0.05, 0.1) is 0 Å². The van der Waals surface area contributed by atoms with Crippen LogP contribution in [0.15, 0.2) is 21.2 Å². The molecule has 1 atom stereocenters. The van der Waals surface area contributed by atoms with Crippen LogP contribution in [0, 0.1) is 0 Å². The normalized spacial score (nSPS) is 20.1. The molecule has 86 valence electrons. The molecule has 1 fully saturated rings. The van der Waals surface area contributed by atoms with E-state index in [4.69, 9.17) is 10.2 Å². The number of hydrogen-bond donors (Lipinski definition) is 1. The van der Waals surface area contributed by atoms with Gasteiger partial charge in [-0.15, -0.1) is 0 Å². The van der Waals surface area contributed by atoms with Crippen molar-refractivity contribution >= 4 is 27.7 Å². The van der Waals surface area contributed by atoms with Gasteiger partial charge in [0.15, 0.2) is 10.4 Å². The molecule has 0 saturated carbocycles. The van der Waals surface area contributed by atoms with E-state index in [2.05, 4.69) is 15.9 Å². The predicted octanol–water partition coefficient (Wildman–Crippen LogP) is 1.13. The number of carbonyl (C=O) groups excluding carboxylic acids is 2. The van der Waals surface area contributed by atoms with Crippen molar-refractivity contribution in [1.82, 2.24) is 4.90 Å². The fraction of sp³-hybridized carbons (Fsp3) is 0.400. The largest absolute Gasteiger partial charge is 0.444 e. The molecule has 0 bridgehead atoms. The molecule has 2 amide bonds. The molecule has 0 aliphatic carbocycles. The molecule has 2 N–H and O–H groups in total. The summed E-state index contributed by atoms with van der Waals surface area (Å²) in [6.07, 6.45) is 1.42. The van der Waals surface area contributed by atoms with Crippen LogP contribution in [0.2, 0.25) is 0 Å². The number of hydrogen-bond acceptors (Lipinski definition) is 3. The van der Waals surface area contributed by atoms with Crippen LogP contribution in [0.3, 0.4) is 0 Å². The van der Waals surface area contributed by atoms with Gasteiger partial charge in [-0.1, -0.05) is 0 Å². The van der Waals surface area contributed by atoms with Crippen LogP contribution >= 0.6 is 15.9 Å². The summed E-state index contributed by atoms with van der Waals surface area (Å²) in [6, 6.07) is 2.71. The fourth-order valence-electron chi connectivity index (χ4n) is 1.88. The highest BCUT2D eigenvalue weighted by Crippen LogP contribution is 2.22. The zero-order chi connectivity index (χ0) is 11.7. The lowest BCUT2D eigenvalue weighted by Crippen LogP contribution is -2.43. The van der Waals surface area contributed by atoms with Gasteiger partial charge in [-0.2, -0.15) is 0 Å². The molecule has 0 spiro atoms. The van der Waals surface area contributed by atoms with Crippen molar-refractivity contribution in [3.63, 3.8) is 0 Å². The number of primary amides is 1. The average Bonchev–Trinajstić information content (AvgIpc) is 2.84. The molecule has 1 unspecified atom stereocenters. The van der Waals surface area contributed by atoms with E-state index in [1.54, 1.807) is 12.1 Å². The van der Waals surface area contributed by atoms with Crippen molar-refractivity contribution in [3.8, 4) is 0 Å². The molecule has 1 aliphatic rings. The van der Waals surface area contributed by atoms with Gasteiger partial charge in [-0.05, 0) is 40.9 Å². The van der Waals surface area contributed by atoms with Crippen molar-refractivity contribution in [2.24, 2.45) is 5.73 Å². The fourth-order valence-corrected chi connectivity index (χ4v) is 2.18. The molecule has 6 heteroatoms. The second-order valence-electron chi connectivity index (χ2n) is 3.66. The second kappa shape index (κ2) is 4.29. The van der Waals surface area contributed by atoms with Gasteiger partial charge in [-0.25, -0.2) is 0 Å². The lowest BCUT2D eigenvalue weighted by Gasteiger charge is -2.20. The number of amides is 2. The monoisotopic (exact) mass is 286 g/mol. The molecule has 2 heterocycles. The third-order valence-electron chi connectivity index (χ3n) is 2.63. The minimum Gasteiger partial charge on any atom is -0.444 e. The maximum atomic E-state index is 12.0. The Morgan fingerprint density at radius 1 is 1.50 bits per heavy atom. The first-order valence-electron chi connectivity index (χ1n) is 4.95. The highest BCUT2D eigenvalue weighted by Gasteiger charge is 2.34. The third-order valence-corrected chi connectivity index (χ3v) is 3.05. The van der Waals surface area contributed by atoms with E-state index in [-0.39, 0.29) is 11.7 Å². The van der Waals surface area contributed by atoms with E-state index in [1.165, 1.54) is 4.90 Å². The van der Waals surface area contributed by atoms with Crippen LogP contribution in [0.25, 0.3) is 0 Å². The van der Waals surface area contributed by atoms with Gasteiger partial charge in [-0.3, -0.25) is 9.59 Å². The molecular weight excluding hydrogens is 276 g/mol. The second-order valence-corrected chi connectivity index (χ2v) is 4.44. The summed E-state index contributed by atoms with van der Waals surface area (Å²) in [7, 11) is 0. The van der Waals surface area contributed by atoms with E-state index in [9.17, 15) is 9.59 Å². The van der Waals surface area contributed by atoms with Crippen LogP contribution in [0.4, 0.5) is 0 Å². The van der Waals surface area contributed by atoms with Gasteiger partial charge >= 0.3 is 0 Å². The van der Waals surface area contributed by atoms with E-state index in [1.807, 2.05) is 0 Å². The van der Waals surface area contributed by atoms with Crippen molar-refractivity contribution in [3.05, 3.63) is 22.6 Å². The number of halogens is 1. The SMILES string of the molecule is NC(=O)C1CCCN1C(=O)c1ccc(Br)o1. The summed E-state index contributed by atoms with van der Waals surface area (Å²) in [5.41, 5.74) is 5.24.